The first-order valence-corrected chi connectivity index (χ1v) is 15.0. The third-order valence-corrected chi connectivity index (χ3v) is 7.27. The zero-order valence-corrected chi connectivity index (χ0v) is 25.0. The predicted octanol–water partition coefficient (Wildman–Crippen LogP) is 7.12. The summed E-state index contributed by atoms with van der Waals surface area (Å²) < 4.78 is 17.6. The van der Waals surface area contributed by atoms with Crippen molar-refractivity contribution in [3.8, 4) is 0 Å². The maximum Gasteiger partial charge on any atom is 0.339 e. The van der Waals surface area contributed by atoms with Crippen molar-refractivity contribution in [1.82, 2.24) is 0 Å². The number of carbonyl (C=O) groups excluding carboxylic acids is 2. The fraction of sp³-hybridized carbons (Fsp3) is 0.697. The van der Waals surface area contributed by atoms with Gasteiger partial charge in [0.25, 0.3) is 0 Å². The van der Waals surface area contributed by atoms with E-state index in [2.05, 4.69) is 30.3 Å². The Morgan fingerprint density at radius 2 is 1.62 bits per heavy atom. The average Bonchev–Trinajstić information content (AvgIpc) is 3.34. The normalized spacial score (nSPS) is 17.7. The number of ether oxygens (including phenoxy) is 3. The number of esters is 1. The monoisotopic (exact) mass is 544 g/mol. The van der Waals surface area contributed by atoms with Gasteiger partial charge in [-0.3, -0.25) is 4.79 Å². The number of benzene rings is 1. The number of rotatable bonds is 18. The highest BCUT2D eigenvalue weighted by atomic mass is 16.7. The first-order valence-electron chi connectivity index (χ1n) is 15.0. The second kappa shape index (κ2) is 16.3. The lowest BCUT2D eigenvalue weighted by Gasteiger charge is -2.33. The number of aliphatic hydroxyl groups is 1. The fourth-order valence-corrected chi connectivity index (χ4v) is 5.28. The van der Waals surface area contributed by atoms with E-state index in [1.165, 1.54) is 12.5 Å². The van der Waals surface area contributed by atoms with Crippen LogP contribution < -0.4 is 0 Å². The first-order chi connectivity index (χ1) is 18.5. The molecule has 2 atom stereocenters. The molecule has 1 aromatic carbocycles. The van der Waals surface area contributed by atoms with Gasteiger partial charge in [-0.25, -0.2) is 4.79 Å². The van der Waals surface area contributed by atoms with Gasteiger partial charge in [-0.05, 0) is 78.2 Å². The van der Waals surface area contributed by atoms with Gasteiger partial charge in [0, 0.05) is 12.8 Å². The molecule has 6 heteroatoms. The zero-order valence-electron chi connectivity index (χ0n) is 25.0. The Hall–Kier alpha value is -2.02. The van der Waals surface area contributed by atoms with Gasteiger partial charge in [-0.1, -0.05) is 68.7 Å². The maximum atomic E-state index is 12.8. The molecule has 39 heavy (non-hydrogen) atoms. The van der Waals surface area contributed by atoms with Crippen molar-refractivity contribution in [1.29, 1.82) is 0 Å². The van der Waals surface area contributed by atoms with Gasteiger partial charge in [-0.15, -0.1) is 0 Å². The lowest BCUT2D eigenvalue weighted by molar-refractivity contribution is -0.183. The van der Waals surface area contributed by atoms with Crippen LogP contribution in [0, 0.1) is 5.92 Å². The number of hydrogen-bond donors (Lipinski definition) is 1. The zero-order chi connectivity index (χ0) is 28.8. The van der Waals surface area contributed by atoms with Crippen LogP contribution in [0.25, 0.3) is 0 Å². The third-order valence-electron chi connectivity index (χ3n) is 7.27. The fourth-order valence-electron chi connectivity index (χ4n) is 5.28. The highest BCUT2D eigenvalue weighted by molar-refractivity contribution is 5.91. The second-order valence-corrected chi connectivity index (χ2v) is 11.9. The highest BCUT2D eigenvalue weighted by Gasteiger charge is 2.47. The molecule has 2 rings (SSSR count). The van der Waals surface area contributed by atoms with E-state index in [0.717, 1.165) is 64.2 Å². The van der Waals surface area contributed by atoms with Crippen molar-refractivity contribution in [3.63, 3.8) is 0 Å². The summed E-state index contributed by atoms with van der Waals surface area (Å²) >= 11 is 0. The summed E-state index contributed by atoms with van der Waals surface area (Å²) in [7, 11) is 0. The van der Waals surface area contributed by atoms with E-state index < -0.39 is 28.9 Å². The minimum Gasteiger partial charge on any atom is -0.458 e. The van der Waals surface area contributed by atoms with Crippen molar-refractivity contribution in [2.24, 2.45) is 5.92 Å². The molecule has 1 aromatic rings. The number of hydrogen-bond acceptors (Lipinski definition) is 6. The Bertz CT molecular complexity index is 881. The Labute approximate surface area is 236 Å². The van der Waals surface area contributed by atoms with E-state index in [1.54, 1.807) is 26.8 Å². The van der Waals surface area contributed by atoms with Crippen LogP contribution in [0.15, 0.2) is 42.5 Å². The molecule has 1 saturated heterocycles. The minimum atomic E-state index is -1.85. The Kier molecular flexibility index (Phi) is 13.9. The van der Waals surface area contributed by atoms with Crippen LogP contribution >= 0.6 is 0 Å². The first kappa shape index (κ1) is 33.2. The second-order valence-electron chi connectivity index (χ2n) is 11.9. The highest BCUT2D eigenvalue weighted by Crippen LogP contribution is 2.32. The summed E-state index contributed by atoms with van der Waals surface area (Å²) in [5, 5.41) is 11.2. The maximum absolute atomic E-state index is 12.8. The molecule has 0 aliphatic carbocycles. The lowest BCUT2D eigenvalue weighted by atomic mass is 9.80. The number of aryl methyl sites for hydroxylation is 1. The van der Waals surface area contributed by atoms with Gasteiger partial charge in [0.1, 0.15) is 11.4 Å². The molecule has 220 valence electrons. The van der Waals surface area contributed by atoms with E-state index in [9.17, 15) is 14.7 Å². The van der Waals surface area contributed by atoms with Gasteiger partial charge < -0.3 is 19.3 Å². The molecule has 0 spiro atoms. The van der Waals surface area contributed by atoms with Crippen LogP contribution in [-0.2, 0) is 30.2 Å². The molecular formula is C33H52O6. The smallest absolute Gasteiger partial charge is 0.339 e. The molecule has 0 radical (unpaired) electrons. The molecule has 0 bridgehead atoms. The SMILES string of the molecule is CCC[C@@](O)(C(=O)OC(C)(C)C)[C@H](/C=C/CCCCCCC1(CCCCc2ccccc2)OCCO1)C(C)=O. The van der Waals surface area contributed by atoms with E-state index in [0.29, 0.717) is 19.6 Å². The molecule has 6 nitrogen and oxygen atoms in total. The number of carbonyl (C=O) groups is 2. The molecule has 0 aromatic heterocycles. The van der Waals surface area contributed by atoms with E-state index >= 15 is 0 Å². The molecule has 1 fully saturated rings. The lowest BCUT2D eigenvalue weighted by Crippen LogP contribution is -2.50. The van der Waals surface area contributed by atoms with Gasteiger partial charge >= 0.3 is 5.97 Å². The van der Waals surface area contributed by atoms with Crippen LogP contribution in [0.1, 0.15) is 111 Å². The van der Waals surface area contributed by atoms with Crippen LogP contribution in [0.5, 0.6) is 0 Å². The number of allylic oxidation sites excluding steroid dienone is 1. The topological polar surface area (TPSA) is 82.1 Å². The van der Waals surface area contributed by atoms with E-state index in [-0.39, 0.29) is 12.2 Å². The standard InChI is InChI=1S/C33H52O6/c1-6-22-33(36,30(35)39-31(3,4)5)29(27(2)34)21-14-9-7-8-10-16-23-32(37-25-26-38-32)24-17-15-20-28-18-12-11-13-19-28/h11-14,18-19,21,29,36H,6-10,15-17,20,22-26H2,1-5H3/b21-14+/t29-,33+/m1/s1. The summed E-state index contributed by atoms with van der Waals surface area (Å²) in [6.07, 6.45) is 14.5. The van der Waals surface area contributed by atoms with Crippen LogP contribution in [0.4, 0.5) is 0 Å². The quantitative estimate of drug-likeness (QED) is 0.120. The summed E-state index contributed by atoms with van der Waals surface area (Å²) in [5.41, 5.74) is -1.20. The molecule has 1 heterocycles. The summed E-state index contributed by atoms with van der Waals surface area (Å²) in [6.45, 7) is 9.93. The third kappa shape index (κ3) is 11.5. The van der Waals surface area contributed by atoms with Crippen molar-refractivity contribution < 1.29 is 28.9 Å². The summed E-state index contributed by atoms with van der Waals surface area (Å²) in [6, 6.07) is 10.6. The van der Waals surface area contributed by atoms with Crippen molar-refractivity contribution >= 4 is 11.8 Å². The number of ketones is 1. The minimum absolute atomic E-state index is 0.175. The molecule has 0 saturated carbocycles. The molecule has 1 N–H and O–H groups in total. The molecule has 1 aliphatic rings. The van der Waals surface area contributed by atoms with Crippen LogP contribution in [0.3, 0.4) is 0 Å². The Morgan fingerprint density at radius 3 is 2.21 bits per heavy atom. The van der Waals surface area contributed by atoms with Gasteiger partial charge in [0.2, 0.25) is 0 Å². The molecule has 0 amide bonds. The Morgan fingerprint density at radius 1 is 1.00 bits per heavy atom. The molecule has 0 unspecified atom stereocenters. The van der Waals surface area contributed by atoms with Crippen LogP contribution in [-0.4, -0.2) is 47.1 Å². The van der Waals surface area contributed by atoms with E-state index in [1.807, 2.05) is 13.0 Å². The number of unbranched alkanes of at least 4 members (excludes halogenated alkanes) is 5. The Balaban J connectivity index is 1.75. The molecular weight excluding hydrogens is 492 g/mol. The van der Waals surface area contributed by atoms with Crippen molar-refractivity contribution in [2.75, 3.05) is 13.2 Å². The van der Waals surface area contributed by atoms with Crippen LogP contribution in [0.2, 0.25) is 0 Å². The van der Waals surface area contributed by atoms with E-state index in [4.69, 9.17) is 14.2 Å². The summed E-state index contributed by atoms with van der Waals surface area (Å²) in [4.78, 5) is 25.2. The summed E-state index contributed by atoms with van der Waals surface area (Å²) in [5.74, 6) is -2.30. The largest absolute Gasteiger partial charge is 0.458 e. The van der Waals surface area contributed by atoms with Gasteiger partial charge in [-0.2, -0.15) is 0 Å². The molecule has 1 aliphatic heterocycles. The van der Waals surface area contributed by atoms with Gasteiger partial charge in [0.05, 0.1) is 19.1 Å². The average molecular weight is 545 g/mol. The van der Waals surface area contributed by atoms with Crippen molar-refractivity contribution in [3.05, 3.63) is 48.0 Å². The number of Topliss-reactive ketones (excluding diaryl/α,β-unsaturated/α-hetero) is 1. The van der Waals surface area contributed by atoms with Gasteiger partial charge in [0.15, 0.2) is 11.4 Å². The predicted molar refractivity (Wildman–Crippen MR) is 155 cm³/mol. The van der Waals surface area contributed by atoms with Crippen molar-refractivity contribution in [2.45, 2.75) is 129 Å².